The van der Waals surface area contributed by atoms with Gasteiger partial charge in [0.15, 0.2) is 0 Å². The lowest BCUT2D eigenvalue weighted by Crippen LogP contribution is -2.33. The highest BCUT2D eigenvalue weighted by molar-refractivity contribution is 6.19. The molecule has 1 aliphatic heterocycles. The number of benzene rings is 2. The van der Waals surface area contributed by atoms with Crippen LogP contribution in [0.15, 0.2) is 73.1 Å². The molecule has 35 heavy (non-hydrogen) atoms. The van der Waals surface area contributed by atoms with Crippen molar-refractivity contribution < 1.29 is 32.3 Å². The van der Waals surface area contributed by atoms with E-state index in [0.717, 1.165) is 17.0 Å². The van der Waals surface area contributed by atoms with Gasteiger partial charge < -0.3 is 9.64 Å². The second-order valence-corrected chi connectivity index (χ2v) is 7.39. The number of urea groups is 1. The van der Waals surface area contributed by atoms with Crippen LogP contribution in [-0.4, -0.2) is 40.6 Å². The highest BCUT2D eigenvalue weighted by Crippen LogP contribution is 2.28. The van der Waals surface area contributed by atoms with Crippen LogP contribution in [-0.2, 0) is 11.3 Å². The summed E-state index contributed by atoms with van der Waals surface area (Å²) in [6.45, 7) is -0.222. The minimum Gasteiger partial charge on any atom is -0.406 e. The summed E-state index contributed by atoms with van der Waals surface area (Å²) in [5.74, 6) is -1.39. The predicted octanol–water partition coefficient (Wildman–Crippen LogP) is 3.71. The number of alkyl halides is 3. The van der Waals surface area contributed by atoms with Gasteiger partial charge in [0, 0.05) is 11.8 Å². The van der Waals surface area contributed by atoms with Crippen LogP contribution in [0.3, 0.4) is 0 Å². The first-order chi connectivity index (χ1) is 16.7. The molecule has 2 N–H and O–H groups in total. The lowest BCUT2D eigenvalue weighted by molar-refractivity contribution is -0.274. The summed E-state index contributed by atoms with van der Waals surface area (Å²) in [7, 11) is 0. The average molecular weight is 485 g/mol. The van der Waals surface area contributed by atoms with Crippen LogP contribution in [0, 0.1) is 0 Å². The summed E-state index contributed by atoms with van der Waals surface area (Å²) in [4.78, 5) is 43.9. The molecule has 2 heterocycles. The third kappa shape index (κ3) is 5.66. The van der Waals surface area contributed by atoms with E-state index in [4.69, 9.17) is 0 Å². The zero-order valence-electron chi connectivity index (χ0n) is 18.0. The number of carbonyl (C=O) groups excluding carboxylic acids is 3. The third-order valence-electron chi connectivity index (χ3n) is 4.99. The minimum atomic E-state index is -4.85. The maximum atomic E-state index is 12.9. The van der Waals surface area contributed by atoms with Crippen molar-refractivity contribution in [2.24, 2.45) is 0 Å². The number of carbonyl (C=O) groups is 3. The Morgan fingerprint density at radius 3 is 2.43 bits per heavy atom. The van der Waals surface area contributed by atoms with Crippen LogP contribution < -0.4 is 20.5 Å². The molecule has 1 aromatic heterocycles. The zero-order valence-corrected chi connectivity index (χ0v) is 18.0. The molecular weight excluding hydrogens is 467 g/mol. The van der Waals surface area contributed by atoms with Crippen LogP contribution >= 0.6 is 0 Å². The summed E-state index contributed by atoms with van der Waals surface area (Å²) in [6, 6.07) is 13.9. The summed E-state index contributed by atoms with van der Waals surface area (Å²) >= 11 is 0. The second-order valence-electron chi connectivity index (χ2n) is 7.39. The molecule has 1 saturated heterocycles. The van der Waals surface area contributed by atoms with Crippen molar-refractivity contribution in [2.45, 2.75) is 12.9 Å². The molecule has 0 atom stereocenters. The van der Waals surface area contributed by atoms with Gasteiger partial charge in [-0.05, 0) is 48.0 Å². The molecule has 1 fully saturated rings. The summed E-state index contributed by atoms with van der Waals surface area (Å²) in [5.41, 5.74) is 6.87. The lowest BCUT2D eigenvalue weighted by atomic mass is 10.2. The summed E-state index contributed by atoms with van der Waals surface area (Å²) in [6.07, 6.45) is -1.90. The molecule has 180 valence electrons. The smallest absolute Gasteiger partial charge is 0.406 e. The van der Waals surface area contributed by atoms with E-state index < -0.39 is 24.1 Å². The number of hydrazine groups is 1. The Labute approximate surface area is 197 Å². The number of anilines is 2. The van der Waals surface area contributed by atoms with E-state index in [1.54, 1.807) is 36.4 Å². The maximum Gasteiger partial charge on any atom is 0.573 e. The largest absolute Gasteiger partial charge is 0.573 e. The van der Waals surface area contributed by atoms with E-state index in [0.29, 0.717) is 16.8 Å². The Morgan fingerprint density at radius 1 is 1.03 bits per heavy atom. The van der Waals surface area contributed by atoms with Crippen molar-refractivity contribution in [1.29, 1.82) is 0 Å². The fourth-order valence-electron chi connectivity index (χ4n) is 3.39. The number of hydrogen-bond donors (Lipinski definition) is 2. The summed E-state index contributed by atoms with van der Waals surface area (Å²) < 4.78 is 40.9. The van der Waals surface area contributed by atoms with Gasteiger partial charge in [-0.3, -0.25) is 25.4 Å². The number of rotatable bonds is 7. The molecule has 1 aliphatic rings. The number of nitrogens with one attached hydrogen (secondary N) is 2. The number of imide groups is 1. The molecule has 2 aromatic carbocycles. The Hall–Kier alpha value is -4.61. The standard InChI is InChI=1S/C23H18F3N5O4/c24-23(25,26)35-18-8-6-17(7-9-18)31-20(32)14-30(22(31)34)13-16-10-11-27-12-19(16)28-29-21(33)15-4-2-1-3-5-15/h1-12,28H,13-14H2,(H,29,33). The Morgan fingerprint density at radius 2 is 1.74 bits per heavy atom. The fourth-order valence-corrected chi connectivity index (χ4v) is 3.39. The molecule has 0 bridgehead atoms. The fraction of sp³-hybridized carbons (Fsp3) is 0.130. The SMILES string of the molecule is O=C(NNc1cnccc1CN1CC(=O)N(c2ccc(OC(F)(F)F)cc2)C1=O)c1ccccc1. The van der Waals surface area contributed by atoms with Crippen LogP contribution in [0.25, 0.3) is 0 Å². The van der Waals surface area contributed by atoms with Crippen LogP contribution in [0.4, 0.5) is 29.3 Å². The van der Waals surface area contributed by atoms with Gasteiger partial charge in [0.25, 0.3) is 11.8 Å². The van der Waals surface area contributed by atoms with Gasteiger partial charge in [-0.2, -0.15) is 0 Å². The second kappa shape index (κ2) is 9.71. The molecule has 0 unspecified atom stereocenters. The first-order valence-corrected chi connectivity index (χ1v) is 10.2. The van der Waals surface area contributed by atoms with Gasteiger partial charge in [0.05, 0.1) is 24.1 Å². The number of nitrogens with zero attached hydrogens (tertiary/aromatic N) is 3. The third-order valence-corrected chi connectivity index (χ3v) is 4.99. The highest BCUT2D eigenvalue weighted by Gasteiger charge is 2.37. The molecule has 0 saturated carbocycles. The van der Waals surface area contributed by atoms with Gasteiger partial charge in [-0.25, -0.2) is 9.69 Å². The van der Waals surface area contributed by atoms with Crippen LogP contribution in [0.5, 0.6) is 5.75 Å². The summed E-state index contributed by atoms with van der Waals surface area (Å²) in [5, 5.41) is 0. The quantitative estimate of drug-likeness (QED) is 0.391. The van der Waals surface area contributed by atoms with Crippen molar-refractivity contribution >= 4 is 29.2 Å². The molecule has 4 rings (SSSR count). The lowest BCUT2D eigenvalue weighted by Gasteiger charge is -2.19. The molecule has 0 spiro atoms. The topological polar surface area (TPSA) is 104 Å². The Kier molecular flexibility index (Phi) is 6.53. The van der Waals surface area contributed by atoms with E-state index >= 15 is 0 Å². The maximum absolute atomic E-state index is 12.9. The minimum absolute atomic E-state index is 0.0163. The van der Waals surface area contributed by atoms with E-state index in [1.165, 1.54) is 29.4 Å². The Bertz CT molecular complexity index is 1240. The van der Waals surface area contributed by atoms with Crippen molar-refractivity contribution in [3.63, 3.8) is 0 Å². The number of ether oxygens (including phenoxy) is 1. The van der Waals surface area contributed by atoms with Crippen molar-refractivity contribution in [2.75, 3.05) is 16.9 Å². The first kappa shape index (κ1) is 23.5. The van der Waals surface area contributed by atoms with Crippen LogP contribution in [0.2, 0.25) is 0 Å². The molecule has 9 nitrogen and oxygen atoms in total. The average Bonchev–Trinajstić information content (AvgIpc) is 3.11. The van der Waals surface area contributed by atoms with Gasteiger partial charge in [-0.15, -0.1) is 13.2 Å². The monoisotopic (exact) mass is 485 g/mol. The van der Waals surface area contributed by atoms with E-state index in [1.807, 2.05) is 0 Å². The number of amides is 4. The van der Waals surface area contributed by atoms with E-state index in [-0.39, 0.29) is 24.7 Å². The highest BCUT2D eigenvalue weighted by atomic mass is 19.4. The van der Waals surface area contributed by atoms with Gasteiger partial charge >= 0.3 is 12.4 Å². The molecule has 12 heteroatoms. The number of hydrogen-bond acceptors (Lipinski definition) is 6. The normalized spacial score (nSPS) is 13.7. The Balaban J connectivity index is 1.43. The van der Waals surface area contributed by atoms with Crippen molar-refractivity contribution in [1.82, 2.24) is 15.3 Å². The van der Waals surface area contributed by atoms with Crippen LogP contribution in [0.1, 0.15) is 15.9 Å². The van der Waals surface area contributed by atoms with Gasteiger partial charge in [0.2, 0.25) is 0 Å². The molecule has 3 aromatic rings. The number of aromatic nitrogens is 1. The van der Waals surface area contributed by atoms with Gasteiger partial charge in [-0.1, -0.05) is 18.2 Å². The van der Waals surface area contributed by atoms with Crippen molar-refractivity contribution in [3.8, 4) is 5.75 Å². The van der Waals surface area contributed by atoms with E-state index in [2.05, 4.69) is 20.6 Å². The molecular formula is C23H18F3N5O4. The number of halogens is 3. The zero-order chi connectivity index (χ0) is 25.0. The van der Waals surface area contributed by atoms with Gasteiger partial charge in [0.1, 0.15) is 12.3 Å². The molecule has 4 amide bonds. The van der Waals surface area contributed by atoms with E-state index in [9.17, 15) is 27.6 Å². The predicted molar refractivity (Wildman–Crippen MR) is 118 cm³/mol. The number of pyridine rings is 1. The first-order valence-electron chi connectivity index (χ1n) is 10.2. The molecule has 0 aliphatic carbocycles. The molecule has 0 radical (unpaired) electrons. The van der Waals surface area contributed by atoms with Crippen molar-refractivity contribution in [3.05, 3.63) is 84.2 Å².